The number of hydrogen-bond acceptors (Lipinski definition) is 3. The van der Waals surface area contributed by atoms with Gasteiger partial charge in [-0.3, -0.25) is 0 Å². The largest absolute Gasteiger partial charge is 0.381 e. The van der Waals surface area contributed by atoms with Crippen LogP contribution in [0.4, 0.5) is 5.69 Å². The molecular weight excluding hydrogens is 272 g/mol. The second-order valence-corrected chi connectivity index (χ2v) is 7.49. The molecule has 0 heterocycles. The van der Waals surface area contributed by atoms with E-state index in [-0.39, 0.29) is 6.04 Å². The third-order valence-electron chi connectivity index (χ3n) is 3.49. The van der Waals surface area contributed by atoms with Gasteiger partial charge in [0, 0.05) is 12.1 Å². The SMILES string of the molecule is CCCC1CC1Nc1ccccc1S(=O)(=O)NC(C)C. The smallest absolute Gasteiger partial charge is 0.242 e. The highest BCUT2D eigenvalue weighted by Gasteiger charge is 2.36. The topological polar surface area (TPSA) is 58.2 Å². The van der Waals surface area contributed by atoms with E-state index in [1.807, 2.05) is 26.0 Å². The van der Waals surface area contributed by atoms with Gasteiger partial charge in [-0.2, -0.15) is 0 Å². The first-order valence-corrected chi connectivity index (χ1v) is 8.80. The normalized spacial score (nSPS) is 22.0. The van der Waals surface area contributed by atoms with E-state index in [0.29, 0.717) is 22.5 Å². The number of anilines is 1. The van der Waals surface area contributed by atoms with Crippen molar-refractivity contribution in [3.05, 3.63) is 24.3 Å². The quantitative estimate of drug-likeness (QED) is 0.813. The summed E-state index contributed by atoms with van der Waals surface area (Å²) in [4.78, 5) is 0.343. The maximum atomic E-state index is 12.3. The minimum atomic E-state index is -3.45. The molecule has 112 valence electrons. The second-order valence-electron chi connectivity index (χ2n) is 5.81. The van der Waals surface area contributed by atoms with Crippen LogP contribution >= 0.6 is 0 Å². The van der Waals surface area contributed by atoms with E-state index < -0.39 is 10.0 Å². The summed E-state index contributed by atoms with van der Waals surface area (Å²) in [5.74, 6) is 0.689. The summed E-state index contributed by atoms with van der Waals surface area (Å²) in [6.45, 7) is 5.83. The Kier molecular flexibility index (Phi) is 4.70. The van der Waals surface area contributed by atoms with Crippen LogP contribution < -0.4 is 10.0 Å². The molecule has 0 aliphatic heterocycles. The van der Waals surface area contributed by atoms with Crippen molar-refractivity contribution in [3.63, 3.8) is 0 Å². The van der Waals surface area contributed by atoms with Crippen LogP contribution in [-0.2, 0) is 10.0 Å². The molecule has 2 rings (SSSR count). The fourth-order valence-electron chi connectivity index (χ4n) is 2.51. The van der Waals surface area contributed by atoms with Crippen molar-refractivity contribution >= 4 is 15.7 Å². The Morgan fingerprint density at radius 2 is 2.00 bits per heavy atom. The number of benzene rings is 1. The molecule has 5 heteroatoms. The minimum absolute atomic E-state index is 0.109. The molecule has 0 aromatic heterocycles. The first-order valence-electron chi connectivity index (χ1n) is 7.32. The van der Waals surface area contributed by atoms with Crippen LogP contribution in [0.3, 0.4) is 0 Å². The van der Waals surface area contributed by atoms with Gasteiger partial charge >= 0.3 is 0 Å². The fraction of sp³-hybridized carbons (Fsp3) is 0.600. The predicted molar refractivity (Wildman–Crippen MR) is 82.3 cm³/mol. The lowest BCUT2D eigenvalue weighted by molar-refractivity contribution is 0.570. The lowest BCUT2D eigenvalue weighted by Crippen LogP contribution is -2.30. The van der Waals surface area contributed by atoms with E-state index in [4.69, 9.17) is 0 Å². The summed E-state index contributed by atoms with van der Waals surface area (Å²) in [7, 11) is -3.45. The Morgan fingerprint density at radius 1 is 1.30 bits per heavy atom. The van der Waals surface area contributed by atoms with Crippen molar-refractivity contribution in [3.8, 4) is 0 Å². The van der Waals surface area contributed by atoms with Crippen molar-refractivity contribution in [1.82, 2.24) is 4.72 Å². The van der Waals surface area contributed by atoms with Gasteiger partial charge in [0.15, 0.2) is 0 Å². The maximum absolute atomic E-state index is 12.3. The molecule has 0 saturated heterocycles. The minimum Gasteiger partial charge on any atom is -0.381 e. The second kappa shape index (κ2) is 6.14. The van der Waals surface area contributed by atoms with Gasteiger partial charge in [0.2, 0.25) is 10.0 Å². The average Bonchev–Trinajstić information content (AvgIpc) is 3.06. The monoisotopic (exact) mass is 296 g/mol. The summed E-state index contributed by atoms with van der Waals surface area (Å²) < 4.78 is 27.3. The maximum Gasteiger partial charge on any atom is 0.242 e. The van der Waals surface area contributed by atoms with Gasteiger partial charge in [-0.15, -0.1) is 0 Å². The van der Waals surface area contributed by atoms with Gasteiger partial charge in [0.25, 0.3) is 0 Å². The molecule has 0 bridgehead atoms. The summed E-state index contributed by atoms with van der Waals surface area (Å²) in [6, 6.07) is 7.44. The third kappa shape index (κ3) is 3.73. The highest BCUT2D eigenvalue weighted by molar-refractivity contribution is 7.89. The molecule has 1 fully saturated rings. The van der Waals surface area contributed by atoms with E-state index in [9.17, 15) is 8.42 Å². The van der Waals surface area contributed by atoms with Crippen LogP contribution in [0, 0.1) is 5.92 Å². The van der Waals surface area contributed by atoms with Crippen LogP contribution in [0.2, 0.25) is 0 Å². The molecule has 1 aliphatic carbocycles. The summed E-state index contributed by atoms with van der Waals surface area (Å²) in [6.07, 6.45) is 3.52. The molecule has 1 saturated carbocycles. The first kappa shape index (κ1) is 15.3. The molecule has 2 unspecified atom stereocenters. The van der Waals surface area contributed by atoms with Gasteiger partial charge in [-0.25, -0.2) is 13.1 Å². The summed E-state index contributed by atoms with van der Waals surface area (Å²) in [5, 5.41) is 3.38. The standard InChI is InChI=1S/C15H24N2O2S/c1-4-7-12-10-14(12)16-13-8-5-6-9-15(13)20(18,19)17-11(2)3/h5-6,8-9,11-12,14,16-17H,4,7,10H2,1-3H3. The predicted octanol–water partition coefficient (Wildman–Crippen LogP) is 2.97. The molecule has 0 spiro atoms. The molecule has 1 aliphatic rings. The first-order chi connectivity index (χ1) is 9.44. The number of nitrogens with one attached hydrogen (secondary N) is 2. The van der Waals surface area contributed by atoms with Crippen molar-refractivity contribution in [1.29, 1.82) is 0 Å². The van der Waals surface area contributed by atoms with E-state index in [1.54, 1.807) is 12.1 Å². The number of para-hydroxylation sites is 1. The molecule has 4 nitrogen and oxygen atoms in total. The van der Waals surface area contributed by atoms with E-state index in [1.165, 1.54) is 12.8 Å². The van der Waals surface area contributed by atoms with Crippen molar-refractivity contribution in [2.45, 2.75) is 57.0 Å². The average molecular weight is 296 g/mol. The van der Waals surface area contributed by atoms with Crippen molar-refractivity contribution in [2.24, 2.45) is 5.92 Å². The van der Waals surface area contributed by atoms with Crippen LogP contribution in [0.25, 0.3) is 0 Å². The highest BCUT2D eigenvalue weighted by Crippen LogP contribution is 2.38. The van der Waals surface area contributed by atoms with Crippen LogP contribution in [0.1, 0.15) is 40.0 Å². The van der Waals surface area contributed by atoms with E-state index >= 15 is 0 Å². The zero-order valence-electron chi connectivity index (χ0n) is 12.4. The van der Waals surface area contributed by atoms with Crippen LogP contribution in [0.15, 0.2) is 29.2 Å². The van der Waals surface area contributed by atoms with Gasteiger partial charge in [-0.1, -0.05) is 25.5 Å². The van der Waals surface area contributed by atoms with Crippen molar-refractivity contribution in [2.75, 3.05) is 5.32 Å². The zero-order chi connectivity index (χ0) is 14.8. The molecule has 1 aromatic rings. The summed E-state index contributed by atoms with van der Waals surface area (Å²) in [5.41, 5.74) is 0.712. The Balaban J connectivity index is 2.15. The Morgan fingerprint density at radius 3 is 2.65 bits per heavy atom. The molecule has 2 N–H and O–H groups in total. The molecule has 0 radical (unpaired) electrons. The van der Waals surface area contributed by atoms with Gasteiger partial charge in [0.05, 0.1) is 5.69 Å². The molecule has 20 heavy (non-hydrogen) atoms. The van der Waals surface area contributed by atoms with Gasteiger partial charge in [-0.05, 0) is 44.7 Å². The third-order valence-corrected chi connectivity index (χ3v) is 5.21. The number of hydrogen-bond donors (Lipinski definition) is 2. The molecule has 2 atom stereocenters. The molecular formula is C15H24N2O2S. The van der Waals surface area contributed by atoms with Crippen molar-refractivity contribution < 1.29 is 8.42 Å². The van der Waals surface area contributed by atoms with Gasteiger partial charge in [0.1, 0.15) is 4.90 Å². The molecule has 0 amide bonds. The highest BCUT2D eigenvalue weighted by atomic mass is 32.2. The Hall–Kier alpha value is -1.07. The fourth-order valence-corrected chi connectivity index (χ4v) is 3.93. The zero-order valence-corrected chi connectivity index (χ0v) is 13.2. The van der Waals surface area contributed by atoms with E-state index in [0.717, 1.165) is 6.42 Å². The molecule has 1 aromatic carbocycles. The summed E-state index contributed by atoms with van der Waals surface area (Å²) >= 11 is 0. The van der Waals surface area contributed by atoms with E-state index in [2.05, 4.69) is 17.0 Å². The lowest BCUT2D eigenvalue weighted by Gasteiger charge is -2.14. The Bertz CT molecular complexity index is 555. The van der Waals surface area contributed by atoms with Crippen LogP contribution in [-0.4, -0.2) is 20.5 Å². The van der Waals surface area contributed by atoms with Crippen LogP contribution in [0.5, 0.6) is 0 Å². The lowest BCUT2D eigenvalue weighted by atomic mass is 10.2. The number of rotatable bonds is 7. The van der Waals surface area contributed by atoms with Gasteiger partial charge < -0.3 is 5.32 Å². The Labute approximate surface area is 122 Å². The number of sulfonamides is 1.